The molecule has 4 heteroatoms. The first-order chi connectivity index (χ1) is 7.43. The van der Waals surface area contributed by atoms with Gasteiger partial charge in [-0.05, 0) is 0 Å². The summed E-state index contributed by atoms with van der Waals surface area (Å²) in [4.78, 5) is 0. The first-order valence-corrected chi connectivity index (χ1v) is 6.94. The second-order valence-corrected chi connectivity index (χ2v) is 5.17. The molecule has 0 amide bonds. The monoisotopic (exact) mass is 267 g/mol. The molecule has 1 N–H and O–H groups in total. The summed E-state index contributed by atoms with van der Waals surface area (Å²) < 4.78 is 8.86. The van der Waals surface area contributed by atoms with Gasteiger partial charge in [0.1, 0.15) is 0 Å². The maximum absolute atomic E-state index is 4.47. The van der Waals surface area contributed by atoms with E-state index in [1.54, 1.807) is 0 Å². The van der Waals surface area contributed by atoms with E-state index in [0.29, 0.717) is 6.04 Å². The molecule has 2 aromatic rings. The first kappa shape index (κ1) is 9.37. The van der Waals surface area contributed by atoms with Crippen molar-refractivity contribution in [2.24, 2.45) is 0 Å². The molecule has 1 heterocycles. The minimum absolute atomic E-state index is 0.0792. The number of hydrogen-bond donors (Lipinski definition) is 1. The van der Waals surface area contributed by atoms with E-state index >= 15 is 0 Å². The Balaban J connectivity index is 1.92. The number of aromatic nitrogens is 2. The van der Waals surface area contributed by atoms with Crippen LogP contribution in [0.3, 0.4) is 0 Å². The van der Waals surface area contributed by atoms with Crippen molar-refractivity contribution in [2.45, 2.75) is 31.7 Å². The van der Waals surface area contributed by atoms with Gasteiger partial charge in [0.2, 0.25) is 0 Å². The normalized spacial score (nSPS) is 17.3. The molecule has 1 aromatic carbocycles. The Labute approximate surface area is 95.1 Å². The van der Waals surface area contributed by atoms with E-state index in [1.807, 2.05) is 6.07 Å². The average Bonchev–Trinajstić information content (AvgIpc) is 2.87. The van der Waals surface area contributed by atoms with Crippen molar-refractivity contribution >= 4 is 31.7 Å². The molecule has 1 saturated carbocycles. The van der Waals surface area contributed by atoms with Gasteiger partial charge in [-0.2, -0.15) is 0 Å². The molecule has 15 heavy (non-hydrogen) atoms. The molecule has 1 fully saturated rings. The van der Waals surface area contributed by atoms with Gasteiger partial charge in [0.15, 0.2) is 0 Å². The third-order valence-electron chi connectivity index (χ3n) is 3.00. The number of anilines is 1. The molecule has 3 nitrogen and oxygen atoms in total. The molecular weight excluding hydrogens is 253 g/mol. The average molecular weight is 266 g/mol. The van der Waals surface area contributed by atoms with Crippen molar-refractivity contribution in [3.63, 3.8) is 0 Å². The SMILES string of the molecule is c1cc(NC2CCCC2)c2n[se]nc2c1. The Bertz CT molecular complexity index is 460. The van der Waals surface area contributed by atoms with Crippen molar-refractivity contribution in [3.05, 3.63) is 18.2 Å². The summed E-state index contributed by atoms with van der Waals surface area (Å²) in [6.07, 6.45) is 5.31. The minimum atomic E-state index is 0.0792. The summed E-state index contributed by atoms with van der Waals surface area (Å²) in [5.41, 5.74) is 3.34. The van der Waals surface area contributed by atoms with Crippen LogP contribution in [0.25, 0.3) is 11.0 Å². The van der Waals surface area contributed by atoms with Crippen LogP contribution in [0.4, 0.5) is 5.69 Å². The molecule has 0 saturated heterocycles. The molecule has 0 atom stereocenters. The van der Waals surface area contributed by atoms with Crippen LogP contribution in [0, 0.1) is 0 Å². The number of fused-ring (bicyclic) bond motifs is 1. The molecule has 1 aliphatic rings. The van der Waals surface area contributed by atoms with Crippen molar-refractivity contribution in [1.29, 1.82) is 0 Å². The summed E-state index contributed by atoms with van der Waals surface area (Å²) in [5, 5.41) is 3.60. The van der Waals surface area contributed by atoms with Crippen molar-refractivity contribution < 1.29 is 0 Å². The molecule has 1 aliphatic carbocycles. The van der Waals surface area contributed by atoms with Crippen LogP contribution in [0.2, 0.25) is 0 Å². The van der Waals surface area contributed by atoms with E-state index in [0.717, 1.165) is 11.0 Å². The Morgan fingerprint density at radius 2 is 2.07 bits per heavy atom. The predicted octanol–water partition coefficient (Wildman–Crippen LogP) is 2.04. The van der Waals surface area contributed by atoms with Gasteiger partial charge in [0.25, 0.3) is 0 Å². The predicted molar refractivity (Wildman–Crippen MR) is 62.4 cm³/mol. The van der Waals surface area contributed by atoms with Crippen LogP contribution in [-0.2, 0) is 0 Å². The van der Waals surface area contributed by atoms with Crippen LogP contribution < -0.4 is 5.32 Å². The molecule has 0 bridgehead atoms. The summed E-state index contributed by atoms with van der Waals surface area (Å²) >= 11 is 0.0792. The van der Waals surface area contributed by atoms with Crippen molar-refractivity contribution in [3.8, 4) is 0 Å². The van der Waals surface area contributed by atoms with Crippen LogP contribution in [0.15, 0.2) is 18.2 Å². The fourth-order valence-electron chi connectivity index (χ4n) is 2.21. The van der Waals surface area contributed by atoms with Gasteiger partial charge < -0.3 is 0 Å². The van der Waals surface area contributed by atoms with E-state index in [2.05, 4.69) is 25.4 Å². The van der Waals surface area contributed by atoms with E-state index in [4.69, 9.17) is 0 Å². The van der Waals surface area contributed by atoms with Gasteiger partial charge >= 0.3 is 94.9 Å². The van der Waals surface area contributed by atoms with Gasteiger partial charge in [0, 0.05) is 0 Å². The van der Waals surface area contributed by atoms with E-state index < -0.39 is 0 Å². The Morgan fingerprint density at radius 3 is 2.93 bits per heavy atom. The molecular formula is C11H13N3Se. The Kier molecular flexibility index (Phi) is 2.47. The molecule has 0 aliphatic heterocycles. The molecule has 78 valence electrons. The van der Waals surface area contributed by atoms with Crippen molar-refractivity contribution in [2.75, 3.05) is 5.32 Å². The van der Waals surface area contributed by atoms with E-state index in [9.17, 15) is 0 Å². The summed E-state index contributed by atoms with van der Waals surface area (Å²) in [6, 6.07) is 6.89. The Hall–Kier alpha value is -0.861. The summed E-state index contributed by atoms with van der Waals surface area (Å²) in [5.74, 6) is 0. The van der Waals surface area contributed by atoms with Crippen LogP contribution in [-0.4, -0.2) is 29.0 Å². The summed E-state index contributed by atoms with van der Waals surface area (Å²) in [6.45, 7) is 0. The van der Waals surface area contributed by atoms with Gasteiger partial charge in [-0.1, -0.05) is 0 Å². The zero-order chi connectivity index (χ0) is 10.1. The third kappa shape index (κ3) is 1.79. The molecule has 0 radical (unpaired) electrons. The number of nitrogens with one attached hydrogen (secondary N) is 1. The van der Waals surface area contributed by atoms with Gasteiger partial charge in [-0.25, -0.2) is 0 Å². The second-order valence-electron chi connectivity index (χ2n) is 4.06. The number of rotatable bonds is 2. The van der Waals surface area contributed by atoms with Crippen LogP contribution >= 0.6 is 0 Å². The quantitative estimate of drug-likeness (QED) is 0.845. The van der Waals surface area contributed by atoms with Crippen molar-refractivity contribution in [1.82, 2.24) is 7.96 Å². The number of nitrogens with zero attached hydrogens (tertiary/aromatic N) is 2. The fraction of sp³-hybridized carbons (Fsp3) is 0.455. The van der Waals surface area contributed by atoms with Crippen LogP contribution in [0.1, 0.15) is 25.7 Å². The Morgan fingerprint density at radius 1 is 1.20 bits per heavy atom. The summed E-state index contributed by atoms with van der Waals surface area (Å²) in [7, 11) is 0. The topological polar surface area (TPSA) is 37.8 Å². The fourth-order valence-corrected chi connectivity index (χ4v) is 3.37. The molecule has 1 aromatic heterocycles. The van der Waals surface area contributed by atoms with Crippen LogP contribution in [0.5, 0.6) is 0 Å². The standard InChI is InChI=1S/C11H13N3Se/c1-2-5-8(4-1)12-9-6-3-7-10-11(9)14-15-13-10/h3,6-8,12H,1-2,4-5H2. The van der Waals surface area contributed by atoms with Gasteiger partial charge in [-0.3, -0.25) is 0 Å². The maximum atomic E-state index is 4.47. The van der Waals surface area contributed by atoms with E-state index in [1.165, 1.54) is 31.4 Å². The van der Waals surface area contributed by atoms with E-state index in [-0.39, 0.29) is 15.0 Å². The second kappa shape index (κ2) is 3.95. The first-order valence-electron chi connectivity index (χ1n) is 5.41. The van der Waals surface area contributed by atoms with Gasteiger partial charge in [0.05, 0.1) is 0 Å². The number of hydrogen-bond acceptors (Lipinski definition) is 3. The zero-order valence-electron chi connectivity index (χ0n) is 8.44. The van der Waals surface area contributed by atoms with Gasteiger partial charge in [-0.15, -0.1) is 0 Å². The number of benzene rings is 1. The zero-order valence-corrected chi connectivity index (χ0v) is 10.2. The third-order valence-corrected chi connectivity index (χ3v) is 4.14. The molecule has 0 unspecified atom stereocenters. The molecule has 3 rings (SSSR count). The molecule has 0 spiro atoms.